The van der Waals surface area contributed by atoms with E-state index in [2.05, 4.69) is 20.6 Å². The Balaban J connectivity index is 1.58. The van der Waals surface area contributed by atoms with Crippen LogP contribution < -0.4 is 10.6 Å². The molecule has 0 fully saturated rings. The number of anilines is 1. The Morgan fingerprint density at radius 3 is 2.14 bits per heavy atom. The van der Waals surface area contributed by atoms with Gasteiger partial charge in [0.05, 0.1) is 0 Å². The van der Waals surface area contributed by atoms with Gasteiger partial charge in [-0.25, -0.2) is 14.8 Å². The van der Waals surface area contributed by atoms with Crippen molar-refractivity contribution in [3.63, 3.8) is 0 Å². The molecule has 0 bridgehead atoms. The molecule has 3 rings (SSSR count). The van der Waals surface area contributed by atoms with E-state index in [1.165, 1.54) is 12.4 Å². The number of aromatic nitrogens is 2. The molecule has 0 radical (unpaired) electrons. The molecule has 0 aliphatic carbocycles. The maximum atomic E-state index is 12.3. The summed E-state index contributed by atoms with van der Waals surface area (Å²) in [5.74, 6) is -2.26. The monoisotopic (exact) mass is 390 g/mol. The molecule has 3 aromatic rings. The van der Waals surface area contributed by atoms with E-state index in [9.17, 15) is 14.4 Å². The van der Waals surface area contributed by atoms with Crippen LogP contribution >= 0.6 is 0 Å². The zero-order valence-corrected chi connectivity index (χ0v) is 15.3. The quantitative estimate of drug-likeness (QED) is 0.570. The van der Waals surface area contributed by atoms with Crippen LogP contribution in [0.4, 0.5) is 5.69 Å². The lowest BCUT2D eigenvalue weighted by Crippen LogP contribution is -2.25. The summed E-state index contributed by atoms with van der Waals surface area (Å²) in [6, 6.07) is 16.1. The number of hydrogen-bond acceptors (Lipinski definition) is 5. The number of carbonyl (C=O) groups excluding carboxylic acids is 2. The van der Waals surface area contributed by atoms with Gasteiger partial charge in [0.1, 0.15) is 0 Å². The Morgan fingerprint density at radius 2 is 1.48 bits per heavy atom. The first-order chi connectivity index (χ1) is 14.0. The van der Waals surface area contributed by atoms with Crippen LogP contribution in [0.25, 0.3) is 0 Å². The van der Waals surface area contributed by atoms with Crippen molar-refractivity contribution in [1.82, 2.24) is 15.3 Å². The van der Waals surface area contributed by atoms with E-state index < -0.39 is 17.6 Å². The molecule has 0 saturated carbocycles. The van der Waals surface area contributed by atoms with E-state index in [0.29, 0.717) is 17.8 Å². The zero-order chi connectivity index (χ0) is 20.6. The van der Waals surface area contributed by atoms with E-state index in [4.69, 9.17) is 5.11 Å². The summed E-state index contributed by atoms with van der Waals surface area (Å²) in [5, 5.41) is 14.5. The minimum atomic E-state index is -1.34. The summed E-state index contributed by atoms with van der Waals surface area (Å²) in [6.45, 7) is 0.506. The molecule has 2 amide bonds. The molecule has 0 atom stereocenters. The van der Waals surface area contributed by atoms with E-state index in [0.717, 1.165) is 12.0 Å². The summed E-state index contributed by atoms with van der Waals surface area (Å²) in [6.07, 6.45) is 3.17. The standard InChI is InChI=1S/C21H18N4O4/c26-19(24-11-10-14-4-2-1-3-5-14)15-6-8-16(9-7-15)25-20(27)17-18(21(28)29)23-13-12-22-17/h1-9,12-13H,10-11H2,(H,24,26)(H,25,27)(H,28,29). The van der Waals surface area contributed by atoms with Gasteiger partial charge in [0.2, 0.25) is 0 Å². The van der Waals surface area contributed by atoms with E-state index in [-0.39, 0.29) is 11.6 Å². The number of benzene rings is 2. The van der Waals surface area contributed by atoms with Crippen LogP contribution in [-0.2, 0) is 6.42 Å². The van der Waals surface area contributed by atoms with Gasteiger partial charge >= 0.3 is 5.97 Å². The molecule has 146 valence electrons. The zero-order valence-electron chi connectivity index (χ0n) is 15.3. The van der Waals surface area contributed by atoms with Crippen molar-refractivity contribution in [3.05, 3.63) is 89.5 Å². The molecular weight excluding hydrogens is 372 g/mol. The Labute approximate surface area is 166 Å². The first kappa shape index (κ1) is 19.7. The SMILES string of the molecule is O=C(NCCc1ccccc1)c1ccc(NC(=O)c2nccnc2C(=O)O)cc1. The minimum Gasteiger partial charge on any atom is -0.476 e. The number of carbonyl (C=O) groups is 3. The fourth-order valence-corrected chi connectivity index (χ4v) is 2.62. The summed E-state index contributed by atoms with van der Waals surface area (Å²) in [7, 11) is 0. The predicted octanol–water partition coefficient (Wildman–Crippen LogP) is 2.40. The van der Waals surface area contributed by atoms with E-state index >= 15 is 0 Å². The third-order valence-corrected chi connectivity index (χ3v) is 4.06. The normalized spacial score (nSPS) is 10.2. The molecule has 1 aromatic heterocycles. The van der Waals surface area contributed by atoms with Crippen LogP contribution in [0.15, 0.2) is 67.0 Å². The van der Waals surface area contributed by atoms with Crippen molar-refractivity contribution in [2.45, 2.75) is 6.42 Å². The first-order valence-electron chi connectivity index (χ1n) is 8.82. The van der Waals surface area contributed by atoms with Crippen LogP contribution in [0.2, 0.25) is 0 Å². The topological polar surface area (TPSA) is 121 Å². The Bertz CT molecular complexity index is 1020. The summed E-state index contributed by atoms with van der Waals surface area (Å²) >= 11 is 0. The fraction of sp³-hybridized carbons (Fsp3) is 0.0952. The maximum Gasteiger partial charge on any atom is 0.356 e. The predicted molar refractivity (Wildman–Crippen MR) is 106 cm³/mol. The summed E-state index contributed by atoms with van der Waals surface area (Å²) in [5.41, 5.74) is 1.26. The number of hydrogen-bond donors (Lipinski definition) is 3. The smallest absolute Gasteiger partial charge is 0.356 e. The number of nitrogens with zero attached hydrogens (tertiary/aromatic N) is 2. The molecular formula is C21H18N4O4. The fourth-order valence-electron chi connectivity index (χ4n) is 2.62. The number of aromatic carboxylic acids is 1. The average Bonchev–Trinajstić information content (AvgIpc) is 2.75. The number of nitrogens with one attached hydrogen (secondary N) is 2. The van der Waals surface area contributed by atoms with Gasteiger partial charge in [0.15, 0.2) is 11.4 Å². The van der Waals surface area contributed by atoms with Gasteiger partial charge in [-0.1, -0.05) is 30.3 Å². The number of carboxylic acids is 1. The molecule has 3 N–H and O–H groups in total. The summed E-state index contributed by atoms with van der Waals surface area (Å²) in [4.78, 5) is 43.1. The van der Waals surface area contributed by atoms with Crippen molar-refractivity contribution in [3.8, 4) is 0 Å². The van der Waals surface area contributed by atoms with Crippen LogP contribution in [0.3, 0.4) is 0 Å². The lowest BCUT2D eigenvalue weighted by atomic mass is 10.1. The van der Waals surface area contributed by atoms with Crippen LogP contribution in [0.1, 0.15) is 36.9 Å². The van der Waals surface area contributed by atoms with Gasteiger partial charge in [-0.05, 0) is 36.2 Å². The van der Waals surface area contributed by atoms with E-state index in [1.807, 2.05) is 30.3 Å². The third-order valence-electron chi connectivity index (χ3n) is 4.06. The molecule has 0 aliphatic heterocycles. The summed E-state index contributed by atoms with van der Waals surface area (Å²) < 4.78 is 0. The number of carboxylic acid groups (broad SMARTS) is 1. The average molecular weight is 390 g/mol. The molecule has 0 unspecified atom stereocenters. The molecule has 0 aliphatic rings. The highest BCUT2D eigenvalue weighted by molar-refractivity contribution is 6.08. The van der Waals surface area contributed by atoms with E-state index in [1.54, 1.807) is 24.3 Å². The van der Waals surface area contributed by atoms with Crippen molar-refractivity contribution in [2.75, 3.05) is 11.9 Å². The second kappa shape index (κ2) is 9.23. The van der Waals surface area contributed by atoms with Gasteiger partial charge in [-0.15, -0.1) is 0 Å². The molecule has 2 aromatic carbocycles. The lowest BCUT2D eigenvalue weighted by molar-refractivity contribution is 0.0684. The molecule has 0 spiro atoms. The van der Waals surface area contributed by atoms with Crippen molar-refractivity contribution in [1.29, 1.82) is 0 Å². The number of amides is 2. The lowest BCUT2D eigenvalue weighted by Gasteiger charge is -2.08. The highest BCUT2D eigenvalue weighted by Gasteiger charge is 2.19. The Kier molecular flexibility index (Phi) is 6.26. The third kappa shape index (κ3) is 5.23. The van der Waals surface area contributed by atoms with Gasteiger partial charge in [-0.3, -0.25) is 9.59 Å². The highest BCUT2D eigenvalue weighted by Crippen LogP contribution is 2.12. The van der Waals surface area contributed by atoms with Crippen LogP contribution in [0.5, 0.6) is 0 Å². The Hall–Kier alpha value is -4.07. The first-order valence-corrected chi connectivity index (χ1v) is 8.82. The highest BCUT2D eigenvalue weighted by atomic mass is 16.4. The van der Waals surface area contributed by atoms with Crippen LogP contribution in [0, 0.1) is 0 Å². The van der Waals surface area contributed by atoms with Gasteiger partial charge in [-0.2, -0.15) is 0 Å². The molecule has 1 heterocycles. The van der Waals surface area contributed by atoms with Crippen LogP contribution in [-0.4, -0.2) is 39.4 Å². The Morgan fingerprint density at radius 1 is 0.828 bits per heavy atom. The maximum absolute atomic E-state index is 12.3. The second-order valence-electron chi connectivity index (χ2n) is 6.08. The molecule has 8 heteroatoms. The van der Waals surface area contributed by atoms with Gasteiger partial charge in [0.25, 0.3) is 11.8 Å². The molecule has 8 nitrogen and oxygen atoms in total. The van der Waals surface area contributed by atoms with Crippen molar-refractivity contribution in [2.24, 2.45) is 0 Å². The van der Waals surface area contributed by atoms with Crippen molar-refractivity contribution < 1.29 is 19.5 Å². The second-order valence-corrected chi connectivity index (χ2v) is 6.08. The minimum absolute atomic E-state index is 0.221. The molecule has 29 heavy (non-hydrogen) atoms. The van der Waals surface area contributed by atoms with Gasteiger partial charge < -0.3 is 15.7 Å². The number of rotatable bonds is 7. The molecule has 0 saturated heterocycles. The van der Waals surface area contributed by atoms with Crippen molar-refractivity contribution >= 4 is 23.5 Å². The van der Waals surface area contributed by atoms with Gasteiger partial charge in [0, 0.05) is 30.2 Å². The largest absolute Gasteiger partial charge is 0.476 e.